The molecule has 0 spiro atoms. The first-order chi connectivity index (χ1) is 14.9. The summed E-state index contributed by atoms with van der Waals surface area (Å²) in [6.07, 6.45) is 2.74. The van der Waals surface area contributed by atoms with Crippen LogP contribution in [0.4, 0.5) is 4.79 Å². The topological polar surface area (TPSA) is 88.1 Å². The van der Waals surface area contributed by atoms with Gasteiger partial charge in [-0.15, -0.1) is 12.3 Å². The minimum atomic E-state index is -1.81. The van der Waals surface area contributed by atoms with Crippen molar-refractivity contribution >= 4 is 52.7 Å². The summed E-state index contributed by atoms with van der Waals surface area (Å²) in [6, 6.07) is 0. The molecule has 0 rings (SSSR count). The maximum Gasteiger partial charge on any atom is 0.508 e. The summed E-state index contributed by atoms with van der Waals surface area (Å²) in [5.41, 5.74) is -1.79. The van der Waals surface area contributed by atoms with E-state index in [1.54, 1.807) is 48.5 Å². The first-order valence-corrected chi connectivity index (χ1v) is 11.6. The second-order valence-corrected chi connectivity index (χ2v) is 12.0. The van der Waals surface area contributed by atoms with Gasteiger partial charge in [0.2, 0.25) is 3.79 Å². The monoisotopic (exact) mass is 528 g/mol. The lowest BCUT2D eigenvalue weighted by atomic mass is 9.73. The lowest BCUT2D eigenvalue weighted by Gasteiger charge is -2.37. The Kier molecular flexibility index (Phi) is 12.6. The average molecular weight is 530 g/mol. The van der Waals surface area contributed by atoms with Crippen LogP contribution in [0.5, 0.6) is 0 Å². The van der Waals surface area contributed by atoms with Crippen LogP contribution < -0.4 is 0 Å². The van der Waals surface area contributed by atoms with Crippen LogP contribution in [0.2, 0.25) is 0 Å². The van der Waals surface area contributed by atoms with Crippen LogP contribution in [0.15, 0.2) is 0 Å². The van der Waals surface area contributed by atoms with Gasteiger partial charge in [-0.1, -0.05) is 62.5 Å². The van der Waals surface area contributed by atoms with Crippen LogP contribution in [0, 0.1) is 29.6 Å². The second kappa shape index (κ2) is 13.0. The summed E-state index contributed by atoms with van der Waals surface area (Å²) in [6.45, 7) is 11.4. The fraction of sp³-hybridized carbons (Fsp3) is 0.783. The van der Waals surface area contributed by atoms with E-state index in [2.05, 4.69) is 5.92 Å². The van der Waals surface area contributed by atoms with Gasteiger partial charge in [0.05, 0.1) is 23.9 Å². The standard InChI is InChI=1S/C23H35Cl3O7/c1-10-11-14(2)18(32-20(29)31-13-23(24,25)26)15(3)19(28)22(7,8)16(30-9)12-17(27)33-21(4,5)6/h1,14-16,18H,11-13H2,2-9H3/t14-,15+,16?,18-/m0/s1. The Morgan fingerprint density at radius 3 is 2.00 bits per heavy atom. The van der Waals surface area contributed by atoms with Crippen LogP contribution in [-0.4, -0.2) is 53.2 Å². The zero-order valence-electron chi connectivity index (χ0n) is 20.5. The van der Waals surface area contributed by atoms with Gasteiger partial charge >= 0.3 is 12.1 Å². The lowest BCUT2D eigenvalue weighted by Crippen LogP contribution is -2.47. The third-order valence-electron chi connectivity index (χ3n) is 4.99. The van der Waals surface area contributed by atoms with Crippen molar-refractivity contribution in [3.05, 3.63) is 0 Å². The zero-order chi connectivity index (χ0) is 26.2. The number of ketones is 1. The summed E-state index contributed by atoms with van der Waals surface area (Å²) >= 11 is 16.8. The molecule has 7 nitrogen and oxygen atoms in total. The van der Waals surface area contributed by atoms with Gasteiger partial charge in [-0.3, -0.25) is 9.59 Å². The highest BCUT2D eigenvalue weighted by Gasteiger charge is 2.45. The molecule has 0 aromatic heterocycles. The van der Waals surface area contributed by atoms with E-state index in [0.29, 0.717) is 0 Å². The molecule has 0 amide bonds. The molecular formula is C23H35Cl3O7. The van der Waals surface area contributed by atoms with Gasteiger partial charge in [-0.2, -0.15) is 0 Å². The van der Waals surface area contributed by atoms with Crippen LogP contribution in [-0.2, 0) is 28.5 Å². The van der Waals surface area contributed by atoms with Gasteiger partial charge in [0.15, 0.2) is 0 Å². The molecule has 0 bridgehead atoms. The molecule has 0 saturated heterocycles. The maximum absolute atomic E-state index is 13.5. The van der Waals surface area contributed by atoms with Gasteiger partial charge in [0, 0.05) is 19.4 Å². The van der Waals surface area contributed by atoms with Crippen molar-refractivity contribution < 1.29 is 33.3 Å². The van der Waals surface area contributed by atoms with E-state index in [1.165, 1.54) is 7.11 Å². The quantitative estimate of drug-likeness (QED) is 0.198. The van der Waals surface area contributed by atoms with Crippen LogP contribution in [0.3, 0.4) is 0 Å². The average Bonchev–Trinajstić information content (AvgIpc) is 2.65. The van der Waals surface area contributed by atoms with E-state index in [0.717, 1.165) is 0 Å². The van der Waals surface area contributed by atoms with E-state index in [1.807, 2.05) is 0 Å². The Bertz CT molecular complexity index is 717. The molecule has 0 fully saturated rings. The summed E-state index contributed by atoms with van der Waals surface area (Å²) in [4.78, 5) is 38.0. The number of carbonyl (C=O) groups excluding carboxylic acids is 3. The molecule has 0 aliphatic carbocycles. The van der Waals surface area contributed by atoms with Crippen LogP contribution in [0.25, 0.3) is 0 Å². The molecule has 0 saturated carbocycles. The Morgan fingerprint density at radius 1 is 1.03 bits per heavy atom. The van der Waals surface area contributed by atoms with E-state index in [9.17, 15) is 14.4 Å². The molecule has 0 aromatic rings. The van der Waals surface area contributed by atoms with Gasteiger partial charge in [0.25, 0.3) is 0 Å². The van der Waals surface area contributed by atoms with Crippen molar-refractivity contribution in [1.29, 1.82) is 0 Å². The number of ether oxygens (including phenoxy) is 4. The van der Waals surface area contributed by atoms with Gasteiger partial charge in [-0.25, -0.2) is 4.79 Å². The van der Waals surface area contributed by atoms with Crippen molar-refractivity contribution in [3.63, 3.8) is 0 Å². The SMILES string of the molecule is C#CC[C@H](C)[C@H](OC(=O)OCC(Cl)(Cl)Cl)[C@@H](C)C(=O)C(C)(C)C(CC(=O)OC(C)(C)C)OC. The van der Waals surface area contributed by atoms with Crippen molar-refractivity contribution in [2.24, 2.45) is 17.3 Å². The normalized spacial score (nSPS) is 16.1. The van der Waals surface area contributed by atoms with E-state index in [-0.39, 0.29) is 24.5 Å². The van der Waals surface area contributed by atoms with Crippen LogP contribution >= 0.6 is 34.8 Å². The van der Waals surface area contributed by atoms with E-state index >= 15 is 0 Å². The molecule has 4 atom stereocenters. The molecule has 0 heterocycles. The molecule has 10 heteroatoms. The summed E-state index contributed by atoms with van der Waals surface area (Å²) < 4.78 is 19.3. The largest absolute Gasteiger partial charge is 0.508 e. The lowest BCUT2D eigenvalue weighted by molar-refractivity contribution is -0.161. The second-order valence-electron chi connectivity index (χ2n) is 9.51. The third-order valence-corrected chi connectivity index (χ3v) is 5.32. The molecule has 190 valence electrons. The number of Topliss-reactive ketones (excluding diaryl/α,β-unsaturated/α-hetero) is 1. The predicted octanol–water partition coefficient (Wildman–Crippen LogP) is 5.52. The number of hydrogen-bond donors (Lipinski definition) is 0. The molecule has 0 aromatic carbocycles. The third kappa shape index (κ3) is 11.7. The Morgan fingerprint density at radius 2 is 1.58 bits per heavy atom. The van der Waals surface area contributed by atoms with Crippen molar-refractivity contribution in [2.75, 3.05) is 13.7 Å². The van der Waals surface area contributed by atoms with Gasteiger partial charge in [-0.05, 0) is 20.8 Å². The Labute approximate surface area is 212 Å². The molecule has 33 heavy (non-hydrogen) atoms. The minimum Gasteiger partial charge on any atom is -0.460 e. The fourth-order valence-electron chi connectivity index (χ4n) is 3.36. The summed E-state index contributed by atoms with van der Waals surface area (Å²) in [5, 5.41) is 0. The summed E-state index contributed by atoms with van der Waals surface area (Å²) in [7, 11) is 1.41. The number of hydrogen-bond acceptors (Lipinski definition) is 7. The van der Waals surface area contributed by atoms with Gasteiger partial charge in [0.1, 0.15) is 24.1 Å². The highest BCUT2D eigenvalue weighted by molar-refractivity contribution is 6.67. The van der Waals surface area contributed by atoms with Gasteiger partial charge < -0.3 is 18.9 Å². The highest BCUT2D eigenvalue weighted by Crippen LogP contribution is 2.34. The number of esters is 1. The van der Waals surface area contributed by atoms with E-state index < -0.39 is 51.7 Å². The van der Waals surface area contributed by atoms with Crippen molar-refractivity contribution in [3.8, 4) is 12.3 Å². The summed E-state index contributed by atoms with van der Waals surface area (Å²) in [5.74, 6) is 0.531. The Hall–Kier alpha value is -1.20. The first-order valence-electron chi connectivity index (χ1n) is 10.5. The minimum absolute atomic E-state index is 0.129. The first kappa shape index (κ1) is 31.8. The number of rotatable bonds is 11. The Balaban J connectivity index is 5.63. The molecule has 0 aliphatic rings. The predicted molar refractivity (Wildman–Crippen MR) is 128 cm³/mol. The molecule has 0 radical (unpaired) electrons. The molecule has 0 aliphatic heterocycles. The number of carbonyl (C=O) groups is 3. The van der Waals surface area contributed by atoms with Crippen LogP contribution in [0.1, 0.15) is 61.3 Å². The zero-order valence-corrected chi connectivity index (χ0v) is 22.8. The number of methoxy groups -OCH3 is 1. The van der Waals surface area contributed by atoms with E-state index in [4.69, 9.17) is 60.2 Å². The molecule has 0 N–H and O–H groups in total. The van der Waals surface area contributed by atoms with Crippen molar-refractivity contribution in [2.45, 2.75) is 82.9 Å². The number of terminal acetylenes is 1. The molecule has 1 unspecified atom stereocenters. The molecular weight excluding hydrogens is 495 g/mol. The number of alkyl halides is 3. The smallest absolute Gasteiger partial charge is 0.460 e. The van der Waals surface area contributed by atoms with Crippen molar-refractivity contribution in [1.82, 2.24) is 0 Å². The number of halogens is 3. The maximum atomic E-state index is 13.5. The highest BCUT2D eigenvalue weighted by atomic mass is 35.6. The fourth-order valence-corrected chi connectivity index (χ4v) is 3.52.